The Morgan fingerprint density at radius 1 is 1.09 bits per heavy atom. The van der Waals surface area contributed by atoms with Crippen molar-refractivity contribution in [3.63, 3.8) is 0 Å². The summed E-state index contributed by atoms with van der Waals surface area (Å²) in [5, 5.41) is 2.71. The molecule has 170 valence electrons. The van der Waals surface area contributed by atoms with Crippen molar-refractivity contribution in [3.05, 3.63) is 52.4 Å². The lowest BCUT2D eigenvalue weighted by Crippen LogP contribution is -2.36. The number of hydrogen-bond donors (Lipinski definition) is 2. The SMILES string of the molecule is Nc1ccc(C(=O)Nc2cccn(C3CCC(F)(F)C3)c2=O)c(N2CCC3(CC2)CC3)c1. The molecule has 1 unspecified atom stereocenters. The second kappa shape index (κ2) is 7.60. The summed E-state index contributed by atoms with van der Waals surface area (Å²) in [6.45, 7) is 1.75. The molecule has 2 aromatic rings. The Balaban J connectivity index is 1.38. The third-order valence-electron chi connectivity index (χ3n) is 7.38. The number of pyridine rings is 1. The number of nitrogens with zero attached hydrogens (tertiary/aromatic N) is 2. The molecule has 3 N–H and O–H groups in total. The summed E-state index contributed by atoms with van der Waals surface area (Å²) < 4.78 is 28.6. The zero-order chi connectivity index (χ0) is 22.5. The molecule has 8 heteroatoms. The number of piperidine rings is 1. The van der Waals surface area contributed by atoms with Gasteiger partial charge in [0.05, 0.1) is 11.3 Å². The lowest BCUT2D eigenvalue weighted by atomic mass is 9.93. The second-order valence-electron chi connectivity index (χ2n) is 9.60. The van der Waals surface area contributed by atoms with Crippen LogP contribution >= 0.6 is 0 Å². The van der Waals surface area contributed by atoms with Gasteiger partial charge in [-0.3, -0.25) is 9.59 Å². The molecule has 2 heterocycles. The minimum atomic E-state index is -2.75. The molecule has 32 heavy (non-hydrogen) atoms. The first-order valence-corrected chi connectivity index (χ1v) is 11.3. The Morgan fingerprint density at radius 2 is 1.84 bits per heavy atom. The van der Waals surface area contributed by atoms with E-state index in [0.29, 0.717) is 16.7 Å². The van der Waals surface area contributed by atoms with Crippen molar-refractivity contribution in [2.75, 3.05) is 29.0 Å². The Labute approximate surface area is 185 Å². The van der Waals surface area contributed by atoms with Gasteiger partial charge in [-0.2, -0.15) is 0 Å². The van der Waals surface area contributed by atoms with E-state index in [2.05, 4.69) is 10.2 Å². The van der Waals surface area contributed by atoms with Crippen molar-refractivity contribution in [2.24, 2.45) is 5.41 Å². The molecule has 1 aromatic heterocycles. The highest BCUT2D eigenvalue weighted by Crippen LogP contribution is 2.54. The minimum Gasteiger partial charge on any atom is -0.399 e. The number of anilines is 3. The van der Waals surface area contributed by atoms with Crippen molar-refractivity contribution in [2.45, 2.75) is 56.9 Å². The first kappa shape index (κ1) is 21.0. The fraction of sp³-hybridized carbons (Fsp3) is 0.500. The number of alkyl halides is 2. The highest BCUT2D eigenvalue weighted by Gasteiger charge is 2.44. The summed E-state index contributed by atoms with van der Waals surface area (Å²) >= 11 is 0. The van der Waals surface area contributed by atoms with Crippen LogP contribution in [0.4, 0.5) is 25.8 Å². The van der Waals surface area contributed by atoms with Crippen LogP contribution in [0.1, 0.15) is 61.3 Å². The van der Waals surface area contributed by atoms with Gasteiger partial charge in [-0.25, -0.2) is 8.78 Å². The number of halogens is 2. The zero-order valence-corrected chi connectivity index (χ0v) is 17.9. The van der Waals surface area contributed by atoms with E-state index in [9.17, 15) is 18.4 Å². The molecule has 6 nitrogen and oxygen atoms in total. The van der Waals surface area contributed by atoms with E-state index >= 15 is 0 Å². The van der Waals surface area contributed by atoms with Crippen LogP contribution in [0.5, 0.6) is 0 Å². The van der Waals surface area contributed by atoms with Crippen LogP contribution < -0.4 is 21.5 Å². The van der Waals surface area contributed by atoms with Crippen LogP contribution in [0.3, 0.4) is 0 Å². The number of carbonyl (C=O) groups excluding carboxylic acids is 1. The van der Waals surface area contributed by atoms with Gasteiger partial charge in [0.1, 0.15) is 5.69 Å². The van der Waals surface area contributed by atoms with Gasteiger partial charge in [-0.15, -0.1) is 0 Å². The van der Waals surface area contributed by atoms with Crippen LogP contribution in [0.25, 0.3) is 0 Å². The Hall–Kier alpha value is -2.90. The van der Waals surface area contributed by atoms with E-state index in [4.69, 9.17) is 5.73 Å². The first-order valence-electron chi connectivity index (χ1n) is 11.3. The number of nitrogens with two attached hydrogens (primary N) is 1. The Bertz CT molecular complexity index is 1100. The number of nitrogens with one attached hydrogen (secondary N) is 1. The highest BCUT2D eigenvalue weighted by atomic mass is 19.3. The van der Waals surface area contributed by atoms with E-state index in [1.54, 1.807) is 18.2 Å². The summed E-state index contributed by atoms with van der Waals surface area (Å²) in [5.74, 6) is -3.16. The topological polar surface area (TPSA) is 80.4 Å². The lowest BCUT2D eigenvalue weighted by molar-refractivity contribution is 0.00551. The number of carbonyl (C=O) groups is 1. The smallest absolute Gasteiger partial charge is 0.274 e. The molecule has 3 fully saturated rings. The maximum absolute atomic E-state index is 13.6. The van der Waals surface area contributed by atoms with Gasteiger partial charge < -0.3 is 20.5 Å². The maximum atomic E-state index is 13.6. The number of aromatic nitrogens is 1. The molecule has 1 atom stereocenters. The molecule has 1 saturated heterocycles. The summed E-state index contributed by atoms with van der Waals surface area (Å²) in [4.78, 5) is 28.3. The zero-order valence-electron chi connectivity index (χ0n) is 17.9. The highest BCUT2D eigenvalue weighted by molar-refractivity contribution is 6.08. The van der Waals surface area contributed by atoms with E-state index in [1.165, 1.54) is 29.7 Å². The molecular formula is C24H28F2N4O2. The summed E-state index contributed by atoms with van der Waals surface area (Å²) in [7, 11) is 0. The molecule has 3 aliphatic rings. The van der Waals surface area contributed by atoms with Crippen LogP contribution in [0.2, 0.25) is 0 Å². The maximum Gasteiger partial charge on any atom is 0.274 e. The summed E-state index contributed by atoms with van der Waals surface area (Å²) in [5.41, 5.74) is 7.94. The van der Waals surface area contributed by atoms with E-state index in [1.807, 2.05) is 6.07 Å². The van der Waals surface area contributed by atoms with Gasteiger partial charge in [0.15, 0.2) is 0 Å². The van der Waals surface area contributed by atoms with Gasteiger partial charge in [0.25, 0.3) is 11.5 Å². The molecular weight excluding hydrogens is 414 g/mol. The van der Waals surface area contributed by atoms with Crippen molar-refractivity contribution in [1.82, 2.24) is 4.57 Å². The number of nitrogen functional groups attached to an aromatic ring is 1. The van der Waals surface area contributed by atoms with Crippen molar-refractivity contribution >= 4 is 23.0 Å². The fourth-order valence-corrected chi connectivity index (χ4v) is 5.15. The molecule has 5 rings (SSSR count). The third kappa shape index (κ3) is 3.98. The Kier molecular flexibility index (Phi) is 4.98. The summed E-state index contributed by atoms with van der Waals surface area (Å²) in [6.07, 6.45) is 5.96. The average molecular weight is 443 g/mol. The van der Waals surface area contributed by atoms with E-state index < -0.39 is 23.4 Å². The van der Waals surface area contributed by atoms with Gasteiger partial charge in [-0.05, 0) is 67.9 Å². The minimum absolute atomic E-state index is 0.0890. The molecule has 2 saturated carbocycles. The molecule has 1 aromatic carbocycles. The van der Waals surface area contributed by atoms with Crippen LogP contribution in [0, 0.1) is 5.41 Å². The molecule has 2 aliphatic carbocycles. The number of hydrogen-bond acceptors (Lipinski definition) is 4. The van der Waals surface area contributed by atoms with Crippen molar-refractivity contribution in [1.29, 1.82) is 0 Å². The molecule has 1 aliphatic heterocycles. The monoisotopic (exact) mass is 442 g/mol. The fourth-order valence-electron chi connectivity index (χ4n) is 5.15. The lowest BCUT2D eigenvalue weighted by Gasteiger charge is -2.35. The molecule has 1 spiro atoms. The average Bonchev–Trinajstić information content (AvgIpc) is 3.41. The van der Waals surface area contributed by atoms with Gasteiger partial charge >= 0.3 is 0 Å². The predicted molar refractivity (Wildman–Crippen MR) is 120 cm³/mol. The van der Waals surface area contributed by atoms with Crippen LogP contribution in [0.15, 0.2) is 41.3 Å². The first-order chi connectivity index (χ1) is 15.3. The number of amides is 1. The van der Waals surface area contributed by atoms with Crippen LogP contribution in [-0.2, 0) is 0 Å². The van der Waals surface area contributed by atoms with Gasteiger partial charge in [-0.1, -0.05) is 0 Å². The standard InChI is InChI=1S/C24H28F2N4O2/c25-24(26)6-5-17(15-24)30-11-1-2-19(22(30)32)28-21(31)18-4-3-16(27)14-20(18)29-12-9-23(7-8-23)10-13-29/h1-4,11,14,17H,5-10,12-13,15,27H2,(H,28,31). The summed E-state index contributed by atoms with van der Waals surface area (Å²) in [6, 6.07) is 7.72. The normalized spacial score (nSPS) is 23.3. The predicted octanol–water partition coefficient (Wildman–Crippen LogP) is 4.42. The van der Waals surface area contributed by atoms with Crippen molar-refractivity contribution in [3.8, 4) is 0 Å². The molecule has 0 radical (unpaired) electrons. The largest absolute Gasteiger partial charge is 0.399 e. The van der Waals surface area contributed by atoms with E-state index in [0.717, 1.165) is 31.6 Å². The molecule has 1 amide bonds. The van der Waals surface area contributed by atoms with Crippen molar-refractivity contribution < 1.29 is 13.6 Å². The van der Waals surface area contributed by atoms with Gasteiger partial charge in [0, 0.05) is 43.9 Å². The van der Waals surface area contributed by atoms with Crippen LogP contribution in [-0.4, -0.2) is 29.5 Å². The van der Waals surface area contributed by atoms with E-state index in [-0.39, 0.29) is 24.9 Å². The third-order valence-corrected chi connectivity index (χ3v) is 7.38. The Morgan fingerprint density at radius 3 is 2.50 bits per heavy atom. The second-order valence-corrected chi connectivity index (χ2v) is 9.60. The number of benzene rings is 1. The quantitative estimate of drug-likeness (QED) is 0.687. The molecule has 0 bridgehead atoms. The number of rotatable bonds is 4. The van der Waals surface area contributed by atoms with Gasteiger partial charge in [0.2, 0.25) is 5.92 Å².